The van der Waals surface area contributed by atoms with Crippen molar-refractivity contribution in [3.05, 3.63) is 43.0 Å². The number of nitrogens with zero attached hydrogens (tertiary/aromatic N) is 6. The van der Waals surface area contributed by atoms with Crippen LogP contribution in [0.1, 0.15) is 26.2 Å². The van der Waals surface area contributed by atoms with Gasteiger partial charge in [0.1, 0.15) is 5.65 Å². The fourth-order valence-electron chi connectivity index (χ4n) is 3.67. The second-order valence-corrected chi connectivity index (χ2v) is 7.50. The van der Waals surface area contributed by atoms with E-state index < -0.39 is 0 Å². The number of amides is 1. The Bertz CT molecular complexity index is 986. The number of nitrogens with one attached hydrogen (secondary N) is 1. The standard InChI is InChI=1S/C22H29N7O2/c1-2-5-20(30)24-9-4-10-27-11-7-18-16-25-22(26-21(18)27)29(19-6-3-8-23-17-19)28-12-14-31-15-13-28/h3,6-8,11,16-17H,2,4-5,9-10,12-15H2,1H3,(H,24,30). The number of ether oxygens (including phenoxy) is 1. The first-order valence-electron chi connectivity index (χ1n) is 10.9. The monoisotopic (exact) mass is 423 g/mol. The van der Waals surface area contributed by atoms with Gasteiger partial charge in [0.2, 0.25) is 11.9 Å². The molecular weight excluding hydrogens is 394 g/mol. The summed E-state index contributed by atoms with van der Waals surface area (Å²) in [6, 6.07) is 5.95. The Morgan fingerprint density at radius 1 is 1.26 bits per heavy atom. The minimum atomic E-state index is 0.113. The third-order valence-electron chi connectivity index (χ3n) is 5.21. The largest absolute Gasteiger partial charge is 0.379 e. The van der Waals surface area contributed by atoms with Gasteiger partial charge in [-0.1, -0.05) is 6.92 Å². The molecule has 1 N–H and O–H groups in total. The molecule has 0 spiro atoms. The summed E-state index contributed by atoms with van der Waals surface area (Å²) in [4.78, 5) is 25.5. The van der Waals surface area contributed by atoms with E-state index in [1.807, 2.05) is 48.7 Å². The van der Waals surface area contributed by atoms with Gasteiger partial charge in [-0.15, -0.1) is 0 Å². The molecule has 1 saturated heterocycles. The van der Waals surface area contributed by atoms with Crippen molar-refractivity contribution in [2.45, 2.75) is 32.7 Å². The number of hydrogen-bond donors (Lipinski definition) is 1. The van der Waals surface area contributed by atoms with E-state index in [-0.39, 0.29) is 5.91 Å². The highest BCUT2D eigenvalue weighted by Gasteiger charge is 2.23. The number of anilines is 2. The molecule has 4 rings (SSSR count). The number of pyridine rings is 1. The van der Waals surface area contributed by atoms with E-state index in [4.69, 9.17) is 9.72 Å². The van der Waals surface area contributed by atoms with Crippen LogP contribution in [0, 0.1) is 0 Å². The van der Waals surface area contributed by atoms with Crippen molar-refractivity contribution in [3.8, 4) is 0 Å². The number of hydrazine groups is 1. The molecule has 3 aromatic heterocycles. The molecule has 0 aromatic carbocycles. The Hall–Kier alpha value is -3.04. The molecule has 0 atom stereocenters. The maximum atomic E-state index is 11.7. The zero-order valence-electron chi connectivity index (χ0n) is 17.9. The predicted octanol–water partition coefficient (Wildman–Crippen LogP) is 2.52. The summed E-state index contributed by atoms with van der Waals surface area (Å²) in [5.74, 6) is 0.723. The molecule has 0 aliphatic carbocycles. The van der Waals surface area contributed by atoms with Crippen LogP contribution in [0.5, 0.6) is 0 Å². The van der Waals surface area contributed by atoms with E-state index in [0.717, 1.165) is 49.2 Å². The number of aryl methyl sites for hydroxylation is 1. The Balaban J connectivity index is 1.55. The van der Waals surface area contributed by atoms with E-state index in [9.17, 15) is 4.79 Å². The van der Waals surface area contributed by atoms with E-state index >= 15 is 0 Å². The molecule has 0 unspecified atom stereocenters. The van der Waals surface area contributed by atoms with Crippen LogP contribution in [0.25, 0.3) is 11.0 Å². The lowest BCUT2D eigenvalue weighted by molar-refractivity contribution is -0.121. The predicted molar refractivity (Wildman–Crippen MR) is 119 cm³/mol. The quantitative estimate of drug-likeness (QED) is 0.529. The van der Waals surface area contributed by atoms with Crippen LogP contribution in [0.2, 0.25) is 0 Å². The fourth-order valence-corrected chi connectivity index (χ4v) is 3.67. The lowest BCUT2D eigenvalue weighted by atomic mass is 10.3. The summed E-state index contributed by atoms with van der Waals surface area (Å²) in [6.07, 6.45) is 9.76. The van der Waals surface area contributed by atoms with Gasteiger partial charge in [0.15, 0.2) is 0 Å². The molecular formula is C22H29N7O2. The lowest BCUT2D eigenvalue weighted by Crippen LogP contribution is -2.47. The molecule has 0 radical (unpaired) electrons. The molecule has 164 valence electrons. The van der Waals surface area contributed by atoms with E-state index in [1.54, 1.807) is 6.20 Å². The summed E-state index contributed by atoms with van der Waals surface area (Å²) in [5.41, 5.74) is 1.80. The molecule has 9 heteroatoms. The van der Waals surface area contributed by atoms with E-state index in [1.165, 1.54) is 0 Å². The minimum Gasteiger partial charge on any atom is -0.379 e. The minimum absolute atomic E-state index is 0.113. The van der Waals surface area contributed by atoms with Gasteiger partial charge in [-0.05, 0) is 31.0 Å². The molecule has 4 heterocycles. The SMILES string of the molecule is CCCC(=O)NCCCn1ccc2cnc(N(c3cccnc3)N3CCOCC3)nc21. The summed E-state index contributed by atoms with van der Waals surface area (Å²) in [5, 5.41) is 8.18. The van der Waals surface area contributed by atoms with E-state index in [2.05, 4.69) is 24.9 Å². The van der Waals surface area contributed by atoms with Crippen molar-refractivity contribution in [1.29, 1.82) is 0 Å². The number of fused-ring (bicyclic) bond motifs is 1. The third-order valence-corrected chi connectivity index (χ3v) is 5.21. The Kier molecular flexibility index (Phi) is 7.06. The van der Waals surface area contributed by atoms with Crippen molar-refractivity contribution >= 4 is 28.6 Å². The Morgan fingerprint density at radius 2 is 2.13 bits per heavy atom. The van der Waals surface area contributed by atoms with Crippen molar-refractivity contribution in [2.75, 3.05) is 37.9 Å². The van der Waals surface area contributed by atoms with Gasteiger partial charge in [-0.2, -0.15) is 4.98 Å². The lowest BCUT2D eigenvalue weighted by Gasteiger charge is -2.36. The van der Waals surface area contributed by atoms with Crippen LogP contribution in [-0.4, -0.2) is 63.3 Å². The number of morpholine rings is 1. The average molecular weight is 424 g/mol. The molecule has 9 nitrogen and oxygen atoms in total. The normalized spacial score (nSPS) is 14.6. The highest BCUT2D eigenvalue weighted by molar-refractivity contribution is 5.77. The van der Waals surface area contributed by atoms with Gasteiger partial charge in [-0.25, -0.2) is 15.0 Å². The maximum Gasteiger partial charge on any atom is 0.247 e. The summed E-state index contributed by atoms with van der Waals surface area (Å²) in [7, 11) is 0. The molecule has 1 amide bonds. The van der Waals surface area contributed by atoms with Crippen LogP contribution >= 0.6 is 0 Å². The maximum absolute atomic E-state index is 11.7. The highest BCUT2D eigenvalue weighted by atomic mass is 16.5. The third kappa shape index (κ3) is 5.18. The van der Waals surface area contributed by atoms with Crippen molar-refractivity contribution in [2.24, 2.45) is 0 Å². The number of hydrogen-bond acceptors (Lipinski definition) is 7. The van der Waals surface area contributed by atoms with Gasteiger partial charge in [0.05, 0.1) is 25.1 Å². The Morgan fingerprint density at radius 3 is 2.90 bits per heavy atom. The van der Waals surface area contributed by atoms with Crippen LogP contribution < -0.4 is 10.3 Å². The van der Waals surface area contributed by atoms with Crippen LogP contribution in [0.3, 0.4) is 0 Å². The molecule has 1 fully saturated rings. The van der Waals surface area contributed by atoms with E-state index in [0.29, 0.717) is 32.1 Å². The summed E-state index contributed by atoms with van der Waals surface area (Å²) >= 11 is 0. The molecule has 1 aliphatic heterocycles. The Labute approximate surface area is 182 Å². The average Bonchev–Trinajstić information content (AvgIpc) is 3.21. The topological polar surface area (TPSA) is 88.4 Å². The zero-order valence-corrected chi connectivity index (χ0v) is 17.9. The molecule has 0 bridgehead atoms. The molecule has 31 heavy (non-hydrogen) atoms. The van der Waals surface area contributed by atoms with Crippen LogP contribution in [-0.2, 0) is 16.1 Å². The molecule has 0 saturated carbocycles. The first-order valence-corrected chi connectivity index (χ1v) is 10.9. The van der Waals surface area contributed by atoms with Crippen molar-refractivity contribution < 1.29 is 9.53 Å². The van der Waals surface area contributed by atoms with Crippen LogP contribution in [0.15, 0.2) is 43.0 Å². The van der Waals surface area contributed by atoms with Gasteiger partial charge in [0, 0.05) is 56.6 Å². The zero-order chi connectivity index (χ0) is 21.5. The number of rotatable bonds is 9. The number of carbonyl (C=O) groups excluding carboxylic acids is 1. The summed E-state index contributed by atoms with van der Waals surface area (Å²) < 4.78 is 7.64. The van der Waals surface area contributed by atoms with Crippen LogP contribution in [0.4, 0.5) is 11.6 Å². The second kappa shape index (κ2) is 10.3. The summed E-state index contributed by atoms with van der Waals surface area (Å²) in [6.45, 7) is 6.29. The fraction of sp³-hybridized carbons (Fsp3) is 0.455. The smallest absolute Gasteiger partial charge is 0.247 e. The second-order valence-electron chi connectivity index (χ2n) is 7.50. The first-order chi connectivity index (χ1) is 15.3. The number of carbonyl (C=O) groups is 1. The highest BCUT2D eigenvalue weighted by Crippen LogP contribution is 2.26. The van der Waals surface area contributed by atoms with Gasteiger partial charge in [0.25, 0.3) is 0 Å². The molecule has 1 aliphatic rings. The van der Waals surface area contributed by atoms with Gasteiger partial charge >= 0.3 is 0 Å². The first kappa shape index (κ1) is 21.2. The molecule has 3 aromatic rings. The van der Waals surface area contributed by atoms with Gasteiger partial charge in [-0.3, -0.25) is 9.78 Å². The van der Waals surface area contributed by atoms with Gasteiger partial charge < -0.3 is 14.6 Å². The van der Waals surface area contributed by atoms with Crippen molar-refractivity contribution in [1.82, 2.24) is 29.8 Å². The van der Waals surface area contributed by atoms with Crippen molar-refractivity contribution in [3.63, 3.8) is 0 Å². The number of aromatic nitrogens is 4.